The van der Waals surface area contributed by atoms with Gasteiger partial charge in [-0.05, 0) is 60.1 Å². The number of carbonyl (C=O) groups excluding carboxylic acids is 1. The van der Waals surface area contributed by atoms with Gasteiger partial charge in [-0.2, -0.15) is 5.10 Å². The highest BCUT2D eigenvalue weighted by Gasteiger charge is 2.61. The zero-order chi connectivity index (χ0) is 20.8. The minimum atomic E-state index is 0.0255. The first kappa shape index (κ1) is 20.7. The van der Waals surface area contributed by atoms with Gasteiger partial charge in [0.15, 0.2) is 0 Å². The molecule has 0 spiro atoms. The van der Waals surface area contributed by atoms with Crippen LogP contribution in [0.25, 0.3) is 0 Å². The van der Waals surface area contributed by atoms with Crippen LogP contribution in [-0.2, 0) is 4.79 Å². The number of hydrogen-bond acceptors (Lipinski definition) is 3. The molecule has 2 fully saturated rings. The van der Waals surface area contributed by atoms with Gasteiger partial charge in [-0.1, -0.05) is 57.8 Å². The van der Waals surface area contributed by atoms with Crippen molar-refractivity contribution >= 4 is 23.2 Å². The number of carbonyl (C=O) groups is 1. The second-order valence-corrected chi connectivity index (χ2v) is 10.4. The Kier molecular flexibility index (Phi) is 5.43. The Morgan fingerprint density at radius 1 is 1.28 bits per heavy atom. The summed E-state index contributed by atoms with van der Waals surface area (Å²) in [6, 6.07) is 8.33. The van der Waals surface area contributed by atoms with Crippen LogP contribution in [0.5, 0.6) is 0 Å². The third-order valence-electron chi connectivity index (χ3n) is 8.35. The van der Waals surface area contributed by atoms with Crippen molar-refractivity contribution in [3.05, 3.63) is 34.9 Å². The van der Waals surface area contributed by atoms with Crippen molar-refractivity contribution in [1.29, 1.82) is 0 Å². The van der Waals surface area contributed by atoms with Crippen molar-refractivity contribution in [2.24, 2.45) is 21.8 Å². The van der Waals surface area contributed by atoms with Crippen LogP contribution in [0.1, 0.15) is 77.8 Å². The Morgan fingerprint density at radius 3 is 2.59 bits per heavy atom. The molecule has 1 heterocycles. The Balaban J connectivity index is 1.49. The Bertz CT molecular complexity index is 803. The molecular formula is C24H34ClN3O. The van der Waals surface area contributed by atoms with Crippen LogP contribution in [0.15, 0.2) is 29.4 Å². The lowest BCUT2D eigenvalue weighted by Crippen LogP contribution is -2.48. The monoisotopic (exact) mass is 415 g/mol. The number of fused-ring (bicyclic) bond motifs is 2. The summed E-state index contributed by atoms with van der Waals surface area (Å²) in [5, 5.41) is 11.0. The number of unbranched alkanes of at least 4 members (excludes halogenated alkanes) is 1. The third-order valence-corrected chi connectivity index (χ3v) is 8.60. The molecule has 2 saturated carbocycles. The zero-order valence-corrected chi connectivity index (χ0v) is 18.9. The Hall–Kier alpha value is -1.55. The highest BCUT2D eigenvalue weighted by molar-refractivity contribution is 6.39. The quantitative estimate of drug-likeness (QED) is 0.659. The summed E-state index contributed by atoms with van der Waals surface area (Å²) in [6.07, 6.45) is 6.44. The molecule has 1 amide bonds. The standard InChI is InChI=1S/C24H34ClN3O/c1-5-6-13-28-20(16-7-9-18(25)10-8-16)15-19(27-28)22(29)26-21-14-17-11-12-24(21,4)23(17,2)3/h7-10,17,20-21H,5-6,11-15H2,1-4H3,(H,26,29)/t17-,20?,21-,24-/m0/s1. The molecule has 1 aromatic carbocycles. The van der Waals surface area contributed by atoms with Crippen LogP contribution < -0.4 is 5.32 Å². The van der Waals surface area contributed by atoms with E-state index in [1.807, 2.05) is 12.1 Å². The molecule has 3 aliphatic rings. The lowest BCUT2D eigenvalue weighted by molar-refractivity contribution is -0.116. The summed E-state index contributed by atoms with van der Waals surface area (Å²) in [4.78, 5) is 13.2. The fraction of sp³-hybridized carbons (Fsp3) is 0.667. The first-order chi connectivity index (χ1) is 13.8. The first-order valence-corrected chi connectivity index (χ1v) is 11.5. The van der Waals surface area contributed by atoms with E-state index in [0.717, 1.165) is 30.8 Å². The average Bonchev–Trinajstić information content (AvgIpc) is 3.26. The maximum absolute atomic E-state index is 13.2. The van der Waals surface area contributed by atoms with Crippen molar-refractivity contribution in [3.8, 4) is 0 Å². The van der Waals surface area contributed by atoms with Gasteiger partial charge >= 0.3 is 0 Å². The number of hydrazone groups is 1. The largest absolute Gasteiger partial charge is 0.348 e. The van der Waals surface area contributed by atoms with Gasteiger partial charge in [0, 0.05) is 24.0 Å². The molecule has 0 saturated heterocycles. The van der Waals surface area contributed by atoms with Crippen molar-refractivity contribution in [2.45, 2.75) is 78.3 Å². The maximum Gasteiger partial charge on any atom is 0.267 e. The predicted molar refractivity (Wildman–Crippen MR) is 119 cm³/mol. The SMILES string of the molecule is CCCCN1N=C(C(=O)N[C@H]2C[C@@H]3CC[C@]2(C)C3(C)C)CC1c1ccc(Cl)cc1. The minimum Gasteiger partial charge on any atom is -0.348 e. The fourth-order valence-electron chi connectivity index (χ4n) is 5.86. The van der Waals surface area contributed by atoms with E-state index in [1.165, 1.54) is 18.4 Å². The van der Waals surface area contributed by atoms with Gasteiger partial charge in [-0.15, -0.1) is 0 Å². The van der Waals surface area contributed by atoms with Crippen molar-refractivity contribution in [2.75, 3.05) is 6.54 Å². The van der Waals surface area contributed by atoms with Gasteiger partial charge in [-0.3, -0.25) is 9.80 Å². The molecule has 4 nitrogen and oxygen atoms in total. The second kappa shape index (κ2) is 7.61. The van der Waals surface area contributed by atoms with Gasteiger partial charge in [0.2, 0.25) is 0 Å². The fourth-order valence-corrected chi connectivity index (χ4v) is 5.98. The summed E-state index contributed by atoms with van der Waals surface area (Å²) >= 11 is 6.07. The van der Waals surface area contributed by atoms with Crippen LogP contribution >= 0.6 is 11.6 Å². The lowest BCUT2D eigenvalue weighted by atomic mass is 9.69. The number of nitrogens with zero attached hydrogens (tertiary/aromatic N) is 2. The molecule has 0 aromatic heterocycles. The van der Waals surface area contributed by atoms with Gasteiger partial charge < -0.3 is 5.32 Å². The summed E-state index contributed by atoms with van der Waals surface area (Å²) in [5.41, 5.74) is 2.32. The summed E-state index contributed by atoms with van der Waals surface area (Å²) in [5.74, 6) is 0.740. The summed E-state index contributed by atoms with van der Waals surface area (Å²) in [7, 11) is 0. The number of halogens is 1. The zero-order valence-electron chi connectivity index (χ0n) is 18.2. The lowest BCUT2D eigenvalue weighted by Gasteiger charge is -2.39. The number of rotatable bonds is 6. The molecule has 1 aromatic rings. The third kappa shape index (κ3) is 3.48. The van der Waals surface area contributed by atoms with E-state index in [-0.39, 0.29) is 23.4 Å². The van der Waals surface area contributed by atoms with Gasteiger partial charge in [0.1, 0.15) is 5.71 Å². The normalized spacial score (nSPS) is 32.5. The molecule has 0 radical (unpaired) electrons. The molecule has 1 unspecified atom stereocenters. The van der Waals surface area contributed by atoms with Crippen LogP contribution in [0.3, 0.4) is 0 Å². The minimum absolute atomic E-state index is 0.0255. The molecular weight excluding hydrogens is 382 g/mol. The van der Waals surface area contributed by atoms with E-state index in [2.05, 4.69) is 50.2 Å². The van der Waals surface area contributed by atoms with E-state index in [1.54, 1.807) is 0 Å². The molecule has 2 aliphatic carbocycles. The maximum atomic E-state index is 13.2. The van der Waals surface area contributed by atoms with Gasteiger partial charge in [0.05, 0.1) is 6.04 Å². The molecule has 5 heteroatoms. The van der Waals surface area contributed by atoms with Gasteiger partial charge in [-0.25, -0.2) is 0 Å². The molecule has 29 heavy (non-hydrogen) atoms. The van der Waals surface area contributed by atoms with Crippen LogP contribution in [0.4, 0.5) is 0 Å². The Morgan fingerprint density at radius 2 is 2.00 bits per heavy atom. The number of benzene rings is 1. The topological polar surface area (TPSA) is 44.7 Å². The van der Waals surface area contributed by atoms with Crippen molar-refractivity contribution in [3.63, 3.8) is 0 Å². The number of amides is 1. The van der Waals surface area contributed by atoms with E-state index >= 15 is 0 Å². The average molecular weight is 416 g/mol. The highest BCUT2D eigenvalue weighted by atomic mass is 35.5. The van der Waals surface area contributed by atoms with E-state index in [9.17, 15) is 4.79 Å². The molecule has 1 N–H and O–H groups in total. The molecule has 4 atom stereocenters. The molecule has 1 aliphatic heterocycles. The molecule has 158 valence electrons. The summed E-state index contributed by atoms with van der Waals surface area (Å²) in [6.45, 7) is 10.2. The molecule has 4 rings (SSSR count). The van der Waals surface area contributed by atoms with Crippen molar-refractivity contribution in [1.82, 2.24) is 10.3 Å². The van der Waals surface area contributed by atoms with E-state index in [4.69, 9.17) is 16.7 Å². The Labute approximate surface area is 180 Å². The molecule has 2 bridgehead atoms. The van der Waals surface area contributed by atoms with Crippen LogP contribution in [0, 0.1) is 16.7 Å². The smallest absolute Gasteiger partial charge is 0.267 e. The van der Waals surface area contributed by atoms with Crippen molar-refractivity contribution < 1.29 is 4.79 Å². The number of hydrogen-bond donors (Lipinski definition) is 1. The van der Waals surface area contributed by atoms with E-state index < -0.39 is 0 Å². The predicted octanol–water partition coefficient (Wildman–Crippen LogP) is 5.57. The second-order valence-electron chi connectivity index (χ2n) is 9.97. The van der Waals surface area contributed by atoms with Crippen LogP contribution in [0.2, 0.25) is 5.02 Å². The van der Waals surface area contributed by atoms with Gasteiger partial charge in [0.25, 0.3) is 5.91 Å². The van der Waals surface area contributed by atoms with E-state index in [0.29, 0.717) is 23.5 Å². The highest BCUT2D eigenvalue weighted by Crippen LogP contribution is 2.65. The number of nitrogens with one attached hydrogen (secondary N) is 1. The first-order valence-electron chi connectivity index (χ1n) is 11.2. The van der Waals surface area contributed by atoms with Crippen LogP contribution in [-0.4, -0.2) is 29.2 Å². The summed E-state index contributed by atoms with van der Waals surface area (Å²) < 4.78 is 0.